The zero-order chi connectivity index (χ0) is 17.3. The molecule has 0 aliphatic heterocycles. The Hall–Kier alpha value is -2.79. The molecule has 1 heterocycles. The van der Waals surface area contributed by atoms with Crippen molar-refractivity contribution in [2.24, 2.45) is 0 Å². The lowest BCUT2D eigenvalue weighted by Gasteiger charge is -2.15. The van der Waals surface area contributed by atoms with E-state index in [9.17, 15) is 9.59 Å². The topological polar surface area (TPSA) is 74.3 Å². The van der Waals surface area contributed by atoms with Crippen LogP contribution in [0.3, 0.4) is 0 Å². The molecule has 2 aromatic carbocycles. The Morgan fingerprint density at radius 3 is 2.58 bits per heavy atom. The van der Waals surface area contributed by atoms with Gasteiger partial charge in [0.2, 0.25) is 0 Å². The molecule has 0 unspecified atom stereocenters. The average Bonchev–Trinajstić information content (AvgIpc) is 2.59. The minimum Gasteiger partial charge on any atom is -0.465 e. The Kier molecular flexibility index (Phi) is 4.27. The number of esters is 1. The Labute approximate surface area is 143 Å². The molecule has 122 valence electrons. The predicted molar refractivity (Wildman–Crippen MR) is 94.5 cm³/mol. The van der Waals surface area contributed by atoms with Crippen LogP contribution < -0.4 is 11.3 Å². The molecule has 0 amide bonds. The Morgan fingerprint density at radius 1 is 1.21 bits per heavy atom. The van der Waals surface area contributed by atoms with Gasteiger partial charge in [0.25, 0.3) is 5.56 Å². The second kappa shape index (κ2) is 6.37. The van der Waals surface area contributed by atoms with Crippen LogP contribution in [-0.2, 0) is 11.3 Å². The van der Waals surface area contributed by atoms with Crippen molar-refractivity contribution in [2.45, 2.75) is 6.54 Å². The number of carbonyl (C=O) groups is 1. The van der Waals surface area contributed by atoms with E-state index in [0.29, 0.717) is 22.5 Å². The fourth-order valence-corrected chi connectivity index (χ4v) is 2.84. The van der Waals surface area contributed by atoms with Gasteiger partial charge in [0.1, 0.15) is 5.56 Å². The lowest BCUT2D eigenvalue weighted by atomic mass is 10.1. The van der Waals surface area contributed by atoms with Gasteiger partial charge in [-0.2, -0.15) is 0 Å². The number of rotatable bonds is 3. The number of nitrogens with two attached hydrogens (primary N) is 1. The molecular weight excluding hydrogens is 328 g/mol. The first-order chi connectivity index (χ1) is 11.5. The normalized spacial score (nSPS) is 10.8. The van der Waals surface area contributed by atoms with E-state index in [4.69, 9.17) is 22.1 Å². The van der Waals surface area contributed by atoms with Crippen molar-refractivity contribution in [2.75, 3.05) is 12.8 Å². The van der Waals surface area contributed by atoms with E-state index in [1.54, 1.807) is 18.2 Å². The van der Waals surface area contributed by atoms with E-state index in [2.05, 4.69) is 0 Å². The molecule has 24 heavy (non-hydrogen) atoms. The van der Waals surface area contributed by atoms with Crippen molar-refractivity contribution in [3.8, 4) is 0 Å². The summed E-state index contributed by atoms with van der Waals surface area (Å²) >= 11 is 6.08. The van der Waals surface area contributed by atoms with Crippen LogP contribution >= 0.6 is 11.6 Å². The highest BCUT2D eigenvalue weighted by atomic mass is 35.5. The monoisotopic (exact) mass is 342 g/mol. The van der Waals surface area contributed by atoms with Crippen molar-refractivity contribution in [3.63, 3.8) is 0 Å². The summed E-state index contributed by atoms with van der Waals surface area (Å²) in [5, 5.41) is 1.06. The third-order valence-electron chi connectivity index (χ3n) is 3.84. The molecule has 0 saturated carbocycles. The number of aromatic nitrogens is 1. The number of pyridine rings is 1. The van der Waals surface area contributed by atoms with Gasteiger partial charge in [0, 0.05) is 10.4 Å². The molecule has 0 radical (unpaired) electrons. The fourth-order valence-electron chi connectivity index (χ4n) is 2.67. The zero-order valence-corrected chi connectivity index (χ0v) is 13.7. The molecule has 3 aromatic rings. The van der Waals surface area contributed by atoms with Crippen LogP contribution in [0.2, 0.25) is 5.02 Å². The summed E-state index contributed by atoms with van der Waals surface area (Å²) in [6, 6.07) is 14.5. The number of nitrogens with zero attached hydrogens (tertiary/aromatic N) is 1. The van der Waals surface area contributed by atoms with Crippen molar-refractivity contribution >= 4 is 34.2 Å². The average molecular weight is 343 g/mol. The minimum atomic E-state index is -0.754. The number of anilines is 1. The third-order valence-corrected chi connectivity index (χ3v) is 4.08. The molecule has 0 bridgehead atoms. The van der Waals surface area contributed by atoms with Crippen molar-refractivity contribution in [3.05, 3.63) is 75.0 Å². The standard InChI is InChI=1S/C18H15ClN2O3/c1-24-18(23)15-16(20)13-8-7-12(19)9-14(13)21(17(15)22)10-11-5-3-2-4-6-11/h2-9H,10,20H2,1H3. The van der Waals surface area contributed by atoms with Gasteiger partial charge in [-0.15, -0.1) is 0 Å². The minimum absolute atomic E-state index is 0.0998. The molecule has 0 fully saturated rings. The first-order valence-electron chi connectivity index (χ1n) is 7.26. The van der Waals surface area contributed by atoms with Crippen LogP contribution in [0, 0.1) is 0 Å². The highest BCUT2D eigenvalue weighted by Gasteiger charge is 2.21. The van der Waals surface area contributed by atoms with E-state index in [-0.39, 0.29) is 11.3 Å². The first kappa shape index (κ1) is 16.1. The van der Waals surface area contributed by atoms with Gasteiger partial charge in [-0.1, -0.05) is 41.9 Å². The summed E-state index contributed by atoms with van der Waals surface area (Å²) < 4.78 is 6.20. The molecule has 2 N–H and O–H groups in total. The van der Waals surface area contributed by atoms with Crippen LogP contribution in [-0.4, -0.2) is 17.6 Å². The van der Waals surface area contributed by atoms with Gasteiger partial charge in [0.15, 0.2) is 0 Å². The van der Waals surface area contributed by atoms with Crippen LogP contribution in [0.5, 0.6) is 0 Å². The Morgan fingerprint density at radius 2 is 1.92 bits per heavy atom. The summed E-state index contributed by atoms with van der Waals surface area (Å²) in [7, 11) is 1.22. The highest BCUT2D eigenvalue weighted by Crippen LogP contribution is 2.26. The molecule has 0 aliphatic rings. The zero-order valence-electron chi connectivity index (χ0n) is 13.0. The summed E-state index contributed by atoms with van der Waals surface area (Å²) in [4.78, 5) is 24.9. The number of fused-ring (bicyclic) bond motifs is 1. The molecule has 0 aliphatic carbocycles. The van der Waals surface area contributed by atoms with Gasteiger partial charge in [0.05, 0.1) is 24.9 Å². The van der Waals surface area contributed by atoms with E-state index < -0.39 is 11.5 Å². The van der Waals surface area contributed by atoms with Crippen molar-refractivity contribution in [1.82, 2.24) is 4.57 Å². The number of hydrogen-bond donors (Lipinski definition) is 1. The van der Waals surface area contributed by atoms with Gasteiger partial charge in [-0.05, 0) is 23.8 Å². The molecule has 5 nitrogen and oxygen atoms in total. The highest BCUT2D eigenvalue weighted by molar-refractivity contribution is 6.31. The van der Waals surface area contributed by atoms with Crippen LogP contribution in [0.1, 0.15) is 15.9 Å². The second-order valence-corrected chi connectivity index (χ2v) is 5.76. The maximum Gasteiger partial charge on any atom is 0.345 e. The molecule has 3 rings (SSSR count). The number of carbonyl (C=O) groups excluding carboxylic acids is 1. The summed E-state index contributed by atoms with van der Waals surface area (Å²) in [5.41, 5.74) is 6.97. The second-order valence-electron chi connectivity index (χ2n) is 5.32. The Bertz CT molecular complexity index is 981. The number of benzene rings is 2. The molecule has 1 aromatic heterocycles. The number of hydrogen-bond acceptors (Lipinski definition) is 4. The quantitative estimate of drug-likeness (QED) is 0.742. The lowest BCUT2D eigenvalue weighted by Crippen LogP contribution is -2.29. The summed E-state index contributed by atoms with van der Waals surface area (Å²) in [6.45, 7) is 0.292. The van der Waals surface area contributed by atoms with Gasteiger partial charge < -0.3 is 15.0 Å². The fraction of sp³-hybridized carbons (Fsp3) is 0.111. The van der Waals surface area contributed by atoms with Gasteiger partial charge in [-0.25, -0.2) is 4.79 Å². The van der Waals surface area contributed by atoms with E-state index in [0.717, 1.165) is 5.56 Å². The number of methoxy groups -OCH3 is 1. The molecular formula is C18H15ClN2O3. The van der Waals surface area contributed by atoms with Crippen LogP contribution in [0.25, 0.3) is 10.9 Å². The SMILES string of the molecule is COC(=O)c1c(N)c2ccc(Cl)cc2n(Cc2ccccc2)c1=O. The smallest absolute Gasteiger partial charge is 0.345 e. The molecule has 0 saturated heterocycles. The largest absolute Gasteiger partial charge is 0.465 e. The first-order valence-corrected chi connectivity index (χ1v) is 7.64. The van der Waals surface area contributed by atoms with Crippen molar-refractivity contribution < 1.29 is 9.53 Å². The number of halogens is 1. The van der Waals surface area contributed by atoms with Crippen molar-refractivity contribution in [1.29, 1.82) is 0 Å². The van der Waals surface area contributed by atoms with Gasteiger partial charge >= 0.3 is 5.97 Å². The molecule has 0 spiro atoms. The van der Waals surface area contributed by atoms with Crippen LogP contribution in [0.4, 0.5) is 5.69 Å². The molecule has 0 atom stereocenters. The van der Waals surface area contributed by atoms with E-state index >= 15 is 0 Å². The molecule has 6 heteroatoms. The predicted octanol–water partition coefficient (Wildman–Crippen LogP) is 3.07. The maximum absolute atomic E-state index is 12.9. The number of ether oxygens (including phenoxy) is 1. The van der Waals surface area contributed by atoms with E-state index in [1.807, 2.05) is 30.3 Å². The van der Waals surface area contributed by atoms with Gasteiger partial charge in [-0.3, -0.25) is 4.79 Å². The maximum atomic E-state index is 12.9. The summed E-state index contributed by atoms with van der Waals surface area (Å²) in [5.74, 6) is -0.754. The lowest BCUT2D eigenvalue weighted by molar-refractivity contribution is 0.0599. The van der Waals surface area contributed by atoms with E-state index in [1.165, 1.54) is 11.7 Å². The summed E-state index contributed by atoms with van der Waals surface area (Å²) in [6.07, 6.45) is 0. The number of nitrogen functional groups attached to an aromatic ring is 1. The third kappa shape index (κ3) is 2.74. The van der Waals surface area contributed by atoms with Crippen LogP contribution in [0.15, 0.2) is 53.3 Å². The Balaban J connectivity index is 2.34.